The minimum atomic E-state index is -3.05. The quantitative estimate of drug-likeness (QED) is 0.729. The van der Waals surface area contributed by atoms with Crippen LogP contribution in [0.2, 0.25) is 0 Å². The number of carbonyl (C=O) groups is 1. The van der Waals surface area contributed by atoms with Gasteiger partial charge in [0.1, 0.15) is 5.60 Å². The predicted octanol–water partition coefficient (Wildman–Crippen LogP) is 0.102. The summed E-state index contributed by atoms with van der Waals surface area (Å²) in [7, 11) is -3.05. The Morgan fingerprint density at radius 3 is 2.65 bits per heavy atom. The number of hydrogen-bond donors (Lipinski definition) is 3. The monoisotopic (exact) mass is 338 g/mol. The van der Waals surface area contributed by atoms with Gasteiger partial charge in [0.05, 0.1) is 28.3 Å². The summed E-state index contributed by atoms with van der Waals surface area (Å²) in [5.74, 6) is -0.538. The molecule has 3 N–H and O–H groups in total. The van der Waals surface area contributed by atoms with Gasteiger partial charge in [-0.05, 0) is 26.8 Å². The van der Waals surface area contributed by atoms with Gasteiger partial charge in [0.2, 0.25) is 0 Å². The third kappa shape index (κ3) is 2.93. The van der Waals surface area contributed by atoms with Crippen molar-refractivity contribution in [1.82, 2.24) is 20.5 Å². The summed E-state index contributed by atoms with van der Waals surface area (Å²) in [6, 6.07) is 1.59. The number of nitrogens with zero attached hydrogens (tertiary/aromatic N) is 2. The molecule has 0 atom stereocenters. The number of nitrogens with one attached hydrogen (secondary N) is 2. The van der Waals surface area contributed by atoms with Crippen molar-refractivity contribution >= 4 is 26.8 Å². The van der Waals surface area contributed by atoms with E-state index in [0.29, 0.717) is 16.7 Å². The molecule has 0 unspecified atom stereocenters. The third-order valence-electron chi connectivity index (χ3n) is 3.78. The fourth-order valence-corrected chi connectivity index (χ4v) is 4.84. The summed E-state index contributed by atoms with van der Waals surface area (Å²) >= 11 is 0. The summed E-state index contributed by atoms with van der Waals surface area (Å²) in [6.07, 6.45) is 1.38. The number of hydrogen-bond acceptors (Lipinski definition) is 6. The maximum Gasteiger partial charge on any atom is 0.253 e. The molecule has 8 nitrogen and oxygen atoms in total. The molecule has 1 aliphatic heterocycles. The second kappa shape index (κ2) is 4.75. The number of aromatic amines is 1. The van der Waals surface area contributed by atoms with E-state index in [1.54, 1.807) is 26.8 Å². The van der Waals surface area contributed by atoms with Crippen LogP contribution in [0, 0.1) is 0 Å². The van der Waals surface area contributed by atoms with Crippen LogP contribution in [-0.2, 0) is 15.4 Å². The van der Waals surface area contributed by atoms with Crippen LogP contribution in [0.1, 0.15) is 36.8 Å². The van der Waals surface area contributed by atoms with E-state index in [0.717, 1.165) is 0 Å². The van der Waals surface area contributed by atoms with E-state index in [-0.39, 0.29) is 17.1 Å². The highest BCUT2D eigenvalue weighted by molar-refractivity contribution is 7.93. The summed E-state index contributed by atoms with van der Waals surface area (Å²) in [5.41, 5.74) is -0.752. The van der Waals surface area contributed by atoms with Crippen molar-refractivity contribution in [2.75, 3.05) is 11.5 Å². The Labute approximate surface area is 133 Å². The first kappa shape index (κ1) is 15.9. The molecule has 1 amide bonds. The van der Waals surface area contributed by atoms with Gasteiger partial charge in [-0.2, -0.15) is 5.10 Å². The van der Waals surface area contributed by atoms with Gasteiger partial charge in [0, 0.05) is 11.6 Å². The number of aromatic nitrogens is 3. The normalized spacial score (nSPS) is 19.3. The highest BCUT2D eigenvalue weighted by atomic mass is 32.2. The first-order chi connectivity index (χ1) is 10.5. The van der Waals surface area contributed by atoms with Crippen molar-refractivity contribution in [3.63, 3.8) is 0 Å². The molecule has 0 bridgehead atoms. The average Bonchev–Trinajstić information content (AvgIpc) is 2.77. The van der Waals surface area contributed by atoms with Gasteiger partial charge < -0.3 is 10.4 Å². The fraction of sp³-hybridized carbons (Fsp3) is 0.500. The van der Waals surface area contributed by atoms with Crippen LogP contribution < -0.4 is 5.32 Å². The lowest BCUT2D eigenvalue weighted by Crippen LogP contribution is -2.63. The molecule has 124 valence electrons. The number of pyridine rings is 1. The van der Waals surface area contributed by atoms with Crippen LogP contribution in [0.3, 0.4) is 0 Å². The van der Waals surface area contributed by atoms with E-state index >= 15 is 0 Å². The second-order valence-corrected chi connectivity index (χ2v) is 8.86. The van der Waals surface area contributed by atoms with E-state index in [1.807, 2.05) is 0 Å². The Balaban J connectivity index is 1.90. The number of rotatable bonds is 3. The minimum absolute atomic E-state index is 0.0674. The van der Waals surface area contributed by atoms with Crippen molar-refractivity contribution in [1.29, 1.82) is 0 Å². The second-order valence-electron chi connectivity index (χ2n) is 6.80. The molecule has 3 rings (SSSR count). The molecule has 23 heavy (non-hydrogen) atoms. The van der Waals surface area contributed by atoms with E-state index in [1.165, 1.54) is 6.20 Å². The third-order valence-corrected chi connectivity index (χ3v) is 5.93. The summed E-state index contributed by atoms with van der Waals surface area (Å²) in [5, 5.41) is 20.1. The maximum atomic E-state index is 12.4. The summed E-state index contributed by atoms with van der Waals surface area (Å²) < 4.78 is 22.6. The Morgan fingerprint density at radius 1 is 1.43 bits per heavy atom. The molecule has 0 saturated carbocycles. The SMILES string of the molecule is CC1(NC(=O)c2cnc3n[nH]c(C(C)(C)O)c3c2)CS(=O)(=O)C1. The van der Waals surface area contributed by atoms with Crippen LogP contribution in [0.15, 0.2) is 12.3 Å². The van der Waals surface area contributed by atoms with Gasteiger partial charge in [0.25, 0.3) is 5.91 Å². The fourth-order valence-electron chi connectivity index (χ4n) is 2.84. The maximum absolute atomic E-state index is 12.4. The number of carbonyl (C=O) groups excluding carboxylic acids is 1. The topological polar surface area (TPSA) is 125 Å². The first-order valence-electron chi connectivity index (χ1n) is 7.09. The van der Waals surface area contributed by atoms with Crippen LogP contribution in [0.4, 0.5) is 0 Å². The smallest absolute Gasteiger partial charge is 0.253 e. The minimum Gasteiger partial charge on any atom is -0.384 e. The van der Waals surface area contributed by atoms with Crippen LogP contribution >= 0.6 is 0 Å². The molecule has 2 aromatic rings. The molecule has 1 saturated heterocycles. The lowest BCUT2D eigenvalue weighted by Gasteiger charge is -2.38. The number of sulfone groups is 1. The van der Waals surface area contributed by atoms with Crippen LogP contribution in [0.25, 0.3) is 11.0 Å². The molecule has 1 fully saturated rings. The highest BCUT2D eigenvalue weighted by Crippen LogP contribution is 2.27. The van der Waals surface area contributed by atoms with Crippen molar-refractivity contribution in [2.24, 2.45) is 0 Å². The van der Waals surface area contributed by atoms with Gasteiger partial charge in [0.15, 0.2) is 15.5 Å². The lowest BCUT2D eigenvalue weighted by molar-refractivity contribution is 0.0752. The van der Waals surface area contributed by atoms with Gasteiger partial charge in [-0.25, -0.2) is 13.4 Å². The number of amides is 1. The zero-order valence-electron chi connectivity index (χ0n) is 13.0. The summed E-state index contributed by atoms with van der Waals surface area (Å²) in [6.45, 7) is 4.90. The molecule has 0 radical (unpaired) electrons. The zero-order chi connectivity index (χ0) is 17.0. The van der Waals surface area contributed by atoms with E-state index in [2.05, 4.69) is 20.5 Å². The number of H-pyrrole nitrogens is 1. The molecule has 0 aromatic carbocycles. The number of aliphatic hydroxyl groups is 1. The Kier molecular flexibility index (Phi) is 3.28. The lowest BCUT2D eigenvalue weighted by atomic mass is 10.0. The van der Waals surface area contributed by atoms with Crippen molar-refractivity contribution < 1.29 is 18.3 Å². The summed E-state index contributed by atoms with van der Waals surface area (Å²) in [4.78, 5) is 16.5. The van der Waals surface area contributed by atoms with Gasteiger partial charge in [-0.1, -0.05) is 0 Å². The van der Waals surface area contributed by atoms with Gasteiger partial charge in [-0.15, -0.1) is 0 Å². The standard InChI is InChI=1S/C14H18N4O4S/c1-13(2,20)10-9-4-8(5-15-11(9)18-17-10)12(19)16-14(3)6-23(21,22)7-14/h4-5,20H,6-7H2,1-3H3,(H,16,19)(H,15,17,18). The van der Waals surface area contributed by atoms with E-state index in [4.69, 9.17) is 0 Å². The molecule has 3 heterocycles. The zero-order valence-corrected chi connectivity index (χ0v) is 13.9. The molecule has 0 aliphatic carbocycles. The van der Waals surface area contributed by atoms with Crippen molar-refractivity contribution in [3.8, 4) is 0 Å². The average molecular weight is 338 g/mol. The van der Waals surface area contributed by atoms with E-state index in [9.17, 15) is 18.3 Å². The van der Waals surface area contributed by atoms with Crippen LogP contribution in [0.5, 0.6) is 0 Å². The first-order valence-corrected chi connectivity index (χ1v) is 8.91. The Bertz CT molecular complexity index is 883. The molecule has 0 spiro atoms. The largest absolute Gasteiger partial charge is 0.384 e. The number of fused-ring (bicyclic) bond motifs is 1. The van der Waals surface area contributed by atoms with Gasteiger partial charge in [-0.3, -0.25) is 9.89 Å². The predicted molar refractivity (Wildman–Crippen MR) is 83.7 cm³/mol. The Hall–Kier alpha value is -2.00. The van der Waals surface area contributed by atoms with Crippen molar-refractivity contribution in [3.05, 3.63) is 23.5 Å². The van der Waals surface area contributed by atoms with E-state index < -0.39 is 26.9 Å². The van der Waals surface area contributed by atoms with Crippen molar-refractivity contribution in [2.45, 2.75) is 31.9 Å². The van der Waals surface area contributed by atoms with Gasteiger partial charge >= 0.3 is 0 Å². The Morgan fingerprint density at radius 2 is 2.09 bits per heavy atom. The molecule has 2 aromatic heterocycles. The molecule has 1 aliphatic rings. The molecular formula is C14H18N4O4S. The van der Waals surface area contributed by atoms with Crippen LogP contribution in [-0.4, -0.2) is 51.7 Å². The molecular weight excluding hydrogens is 320 g/mol. The highest BCUT2D eigenvalue weighted by Gasteiger charge is 2.45. The molecule has 9 heteroatoms.